The van der Waals surface area contributed by atoms with Crippen LogP contribution in [0.1, 0.15) is 87.5 Å². The Balaban J connectivity index is 0.837. The van der Waals surface area contributed by atoms with Crippen molar-refractivity contribution in [2.75, 3.05) is 24.5 Å². The number of thiazole rings is 1. The Hall–Kier alpha value is -6.52. The Morgan fingerprint density at radius 3 is 2.38 bits per heavy atom. The van der Waals surface area contributed by atoms with E-state index < -0.39 is 18.1 Å². The van der Waals surface area contributed by atoms with Crippen molar-refractivity contribution in [2.45, 2.75) is 90.4 Å². The van der Waals surface area contributed by atoms with Crippen LogP contribution in [0.2, 0.25) is 0 Å². The average Bonchev–Trinajstić information content (AvgIpc) is 4.13. The standard InChI is InChI=1S/C48H52N10O5S/c1-6-57-39(21-38-40(57)20-37(53-54-38)35-9-7-8-10-42(35)60)31-15-17-56(18-16-31)48-49-23-33(24-50-48)36-22-43(63-55-36)44(27(2)3)47(62)58-25-34(59)19-41(58)46(61)52-28(4)30-11-13-32(14-12-30)45-29(5)51-26-64-45/h7-14,20-24,26-28,31,34,41,44,59-60H,6,15-19,25H2,1-5H3,(H,52,61)/t28?,34-,41+,44?/m1/s1. The fraction of sp³-hybridized carbons (Fsp3) is 0.375. The van der Waals surface area contributed by atoms with Gasteiger partial charge in [-0.2, -0.15) is 0 Å². The fourth-order valence-corrected chi connectivity index (χ4v) is 10.1. The maximum atomic E-state index is 14.3. The molecular formula is C48H52N10O5S. The average molecular weight is 881 g/mol. The number of aromatic hydroxyl groups is 1. The predicted octanol–water partition coefficient (Wildman–Crippen LogP) is 7.66. The number of fused-ring (bicyclic) bond motifs is 1. The summed E-state index contributed by atoms with van der Waals surface area (Å²) in [6.45, 7) is 12.3. The van der Waals surface area contributed by atoms with Gasteiger partial charge in [-0.3, -0.25) is 9.59 Å². The van der Waals surface area contributed by atoms with Crippen molar-refractivity contribution < 1.29 is 24.3 Å². The number of hydrogen-bond donors (Lipinski definition) is 3. The smallest absolute Gasteiger partial charge is 0.243 e. The van der Waals surface area contributed by atoms with Gasteiger partial charge >= 0.3 is 0 Å². The van der Waals surface area contributed by atoms with Crippen molar-refractivity contribution >= 4 is 40.1 Å². The highest BCUT2D eigenvalue weighted by Gasteiger charge is 2.43. The zero-order chi connectivity index (χ0) is 44.6. The summed E-state index contributed by atoms with van der Waals surface area (Å²) in [4.78, 5) is 46.7. The van der Waals surface area contributed by atoms with Crippen LogP contribution >= 0.6 is 11.3 Å². The van der Waals surface area contributed by atoms with Gasteiger partial charge in [0.2, 0.25) is 17.8 Å². The first-order valence-corrected chi connectivity index (χ1v) is 22.8. The highest BCUT2D eigenvalue weighted by Crippen LogP contribution is 2.37. The third-order valence-corrected chi connectivity index (χ3v) is 13.7. The topological polar surface area (TPSA) is 189 Å². The number of rotatable bonds is 12. The van der Waals surface area contributed by atoms with E-state index in [2.05, 4.69) is 48.1 Å². The summed E-state index contributed by atoms with van der Waals surface area (Å²) in [7, 11) is 0. The molecular weight excluding hydrogens is 829 g/mol. The zero-order valence-electron chi connectivity index (χ0n) is 36.5. The second-order valence-electron chi connectivity index (χ2n) is 17.2. The maximum absolute atomic E-state index is 14.3. The number of amides is 2. The first kappa shape index (κ1) is 42.8. The number of likely N-dealkylation sites (tertiary alicyclic amines) is 1. The Labute approximate surface area is 375 Å². The highest BCUT2D eigenvalue weighted by atomic mass is 32.1. The number of piperidine rings is 1. The lowest BCUT2D eigenvalue weighted by Crippen LogP contribution is -2.48. The molecule has 7 aromatic rings. The van der Waals surface area contributed by atoms with Gasteiger partial charge in [0.1, 0.15) is 34.7 Å². The number of phenolic OH excluding ortho intramolecular Hbond substituents is 1. The lowest BCUT2D eigenvalue weighted by Gasteiger charge is -2.32. The van der Waals surface area contributed by atoms with E-state index in [-0.39, 0.29) is 42.5 Å². The molecule has 0 aliphatic carbocycles. The van der Waals surface area contributed by atoms with Crippen LogP contribution in [-0.2, 0) is 16.1 Å². The van der Waals surface area contributed by atoms with E-state index in [0.717, 1.165) is 65.2 Å². The van der Waals surface area contributed by atoms with E-state index in [1.165, 1.54) is 10.6 Å². The van der Waals surface area contributed by atoms with Crippen LogP contribution in [0.25, 0.3) is 44.0 Å². The minimum absolute atomic E-state index is 0.0451. The van der Waals surface area contributed by atoms with Gasteiger partial charge in [0, 0.05) is 73.8 Å². The Bertz CT molecular complexity index is 2780. The number of aromatic nitrogens is 7. The third kappa shape index (κ3) is 8.34. The molecule has 2 aliphatic heterocycles. The number of nitrogens with one attached hydrogen (secondary N) is 1. The number of benzene rings is 2. The van der Waals surface area contributed by atoms with E-state index in [4.69, 9.17) is 14.5 Å². The summed E-state index contributed by atoms with van der Waals surface area (Å²) >= 11 is 1.59. The zero-order valence-corrected chi connectivity index (χ0v) is 37.4. The summed E-state index contributed by atoms with van der Waals surface area (Å²) < 4.78 is 8.14. The van der Waals surface area contributed by atoms with Gasteiger partial charge < -0.3 is 34.4 Å². The second kappa shape index (κ2) is 17.9. The molecule has 0 radical (unpaired) electrons. The number of para-hydroxylation sites is 1. The number of β-amino-alcohol motifs (C(OH)–C–C–N with tert-alkyl or cyclic N) is 1. The van der Waals surface area contributed by atoms with Crippen LogP contribution in [0.5, 0.6) is 5.75 Å². The van der Waals surface area contributed by atoms with Gasteiger partial charge in [-0.1, -0.05) is 55.4 Å². The summed E-state index contributed by atoms with van der Waals surface area (Å²) in [6.07, 6.45) is 4.59. The molecule has 0 bridgehead atoms. The van der Waals surface area contributed by atoms with Gasteiger partial charge in [-0.25, -0.2) is 15.0 Å². The molecule has 7 heterocycles. The summed E-state index contributed by atoms with van der Waals surface area (Å²) in [5, 5.41) is 37.5. The molecule has 2 fully saturated rings. The number of carbonyl (C=O) groups is 2. The lowest BCUT2D eigenvalue weighted by atomic mass is 9.91. The molecule has 2 amide bonds. The SMILES string of the molecule is CCn1c(C2CCN(c3ncc(-c4cc(C(C(=O)N5C[C@H](O)C[C@H]5C(=O)NC(C)c5ccc(-c6scnc6C)cc5)C(C)C)on4)cn3)CC2)cc2nnc(-c3ccccc3O)cc21. The van der Waals surface area contributed by atoms with Crippen LogP contribution in [-0.4, -0.2) is 93.6 Å². The molecule has 16 heteroatoms. The van der Waals surface area contributed by atoms with Gasteiger partial charge in [-0.05, 0) is 74.9 Å². The molecule has 4 atom stereocenters. The van der Waals surface area contributed by atoms with Gasteiger partial charge in [-0.15, -0.1) is 21.5 Å². The van der Waals surface area contributed by atoms with E-state index in [1.54, 1.807) is 41.9 Å². The fourth-order valence-electron chi connectivity index (χ4n) is 9.26. The molecule has 2 saturated heterocycles. The van der Waals surface area contributed by atoms with Crippen LogP contribution < -0.4 is 10.2 Å². The van der Waals surface area contributed by atoms with Crippen molar-refractivity contribution in [3.63, 3.8) is 0 Å². The highest BCUT2D eigenvalue weighted by molar-refractivity contribution is 7.13. The molecule has 15 nitrogen and oxygen atoms in total. The number of phenols is 1. The summed E-state index contributed by atoms with van der Waals surface area (Å²) in [5.74, 6) is -0.0452. The van der Waals surface area contributed by atoms with Crippen molar-refractivity contribution in [1.29, 1.82) is 0 Å². The van der Waals surface area contributed by atoms with Gasteiger partial charge in [0.25, 0.3) is 0 Å². The summed E-state index contributed by atoms with van der Waals surface area (Å²) in [6, 6.07) is 20.0. The second-order valence-corrected chi connectivity index (χ2v) is 18.1. The first-order valence-electron chi connectivity index (χ1n) is 22.0. The van der Waals surface area contributed by atoms with E-state index in [9.17, 15) is 19.8 Å². The van der Waals surface area contributed by atoms with Crippen molar-refractivity contribution in [3.05, 3.63) is 107 Å². The molecule has 9 rings (SSSR count). The van der Waals surface area contributed by atoms with Crippen LogP contribution in [0.15, 0.2) is 89.2 Å². The Morgan fingerprint density at radius 2 is 1.69 bits per heavy atom. The van der Waals surface area contributed by atoms with Crippen LogP contribution in [0.4, 0.5) is 5.95 Å². The predicted molar refractivity (Wildman–Crippen MR) is 245 cm³/mol. The van der Waals surface area contributed by atoms with Crippen molar-refractivity contribution in [3.8, 4) is 38.7 Å². The number of aliphatic hydroxyl groups is 1. The molecule has 330 valence electrons. The Kier molecular flexibility index (Phi) is 12.0. The van der Waals surface area contributed by atoms with Crippen molar-refractivity contribution in [2.24, 2.45) is 5.92 Å². The normalized spacial score (nSPS) is 17.9. The number of carbonyl (C=O) groups excluding carboxylic acids is 2. The number of hydrogen-bond acceptors (Lipinski definition) is 13. The van der Waals surface area contributed by atoms with E-state index >= 15 is 0 Å². The third-order valence-electron chi connectivity index (χ3n) is 12.7. The molecule has 2 unspecified atom stereocenters. The summed E-state index contributed by atoms with van der Waals surface area (Å²) in [5.41, 5.74) is 10.3. The monoisotopic (exact) mass is 880 g/mol. The van der Waals surface area contributed by atoms with Crippen LogP contribution in [0.3, 0.4) is 0 Å². The first-order chi connectivity index (χ1) is 31.0. The van der Waals surface area contributed by atoms with Gasteiger partial charge in [0.05, 0.1) is 39.4 Å². The largest absolute Gasteiger partial charge is 0.507 e. The molecule has 2 aliphatic rings. The Morgan fingerprint density at radius 1 is 0.938 bits per heavy atom. The maximum Gasteiger partial charge on any atom is 0.243 e. The van der Waals surface area contributed by atoms with E-state index in [1.807, 2.05) is 75.7 Å². The minimum Gasteiger partial charge on any atom is -0.507 e. The number of anilines is 1. The molecule has 64 heavy (non-hydrogen) atoms. The molecule has 0 spiro atoms. The van der Waals surface area contributed by atoms with Crippen LogP contribution in [0, 0.1) is 12.8 Å². The number of aryl methyl sites for hydroxylation is 2. The van der Waals surface area contributed by atoms with Crippen molar-refractivity contribution in [1.82, 2.24) is 45.1 Å². The quantitative estimate of drug-likeness (QED) is 0.109. The number of aliphatic hydroxyl groups excluding tert-OH is 1. The molecule has 0 saturated carbocycles. The van der Waals surface area contributed by atoms with Gasteiger partial charge in [0.15, 0.2) is 0 Å². The molecule has 5 aromatic heterocycles. The molecule has 3 N–H and O–H groups in total. The van der Waals surface area contributed by atoms with E-state index in [0.29, 0.717) is 40.1 Å². The lowest BCUT2D eigenvalue weighted by molar-refractivity contribution is -0.141. The molecule has 2 aromatic carbocycles. The number of nitrogens with zero attached hydrogens (tertiary/aromatic N) is 9. The minimum atomic E-state index is -0.839.